The second-order valence-corrected chi connectivity index (χ2v) is 7.13. The van der Waals surface area contributed by atoms with Crippen LogP contribution in [-0.4, -0.2) is 34.6 Å². The number of carbonyl (C=O) groups is 1. The summed E-state index contributed by atoms with van der Waals surface area (Å²) < 4.78 is 0. The van der Waals surface area contributed by atoms with Crippen LogP contribution in [0.4, 0.5) is 0 Å². The Morgan fingerprint density at radius 1 is 1.15 bits per heavy atom. The Labute approximate surface area is 123 Å². The molecule has 0 amide bonds. The summed E-state index contributed by atoms with van der Waals surface area (Å²) in [4.78, 5) is 13.5. The molecule has 1 aliphatic heterocycles. The quantitative estimate of drug-likeness (QED) is 0.830. The number of piperidine rings is 1. The molecule has 3 heteroatoms. The Balaban J connectivity index is 1.86. The first-order valence-electron chi connectivity index (χ1n) is 8.55. The van der Waals surface area contributed by atoms with Gasteiger partial charge in [-0.1, -0.05) is 20.3 Å². The Kier molecular flexibility index (Phi) is 5.88. The average molecular weight is 281 g/mol. The molecule has 1 atom stereocenters. The molecule has 2 aliphatic rings. The monoisotopic (exact) mass is 281 g/mol. The fourth-order valence-electron chi connectivity index (χ4n) is 4.20. The van der Waals surface area contributed by atoms with E-state index in [0.717, 1.165) is 24.3 Å². The van der Waals surface area contributed by atoms with Gasteiger partial charge < -0.3 is 5.11 Å². The van der Waals surface area contributed by atoms with Crippen molar-refractivity contribution in [1.82, 2.24) is 4.90 Å². The van der Waals surface area contributed by atoms with Crippen LogP contribution in [0, 0.1) is 11.8 Å². The number of aliphatic carboxylic acids is 1. The second-order valence-electron chi connectivity index (χ2n) is 7.13. The summed E-state index contributed by atoms with van der Waals surface area (Å²) in [6.45, 7) is 5.89. The van der Waals surface area contributed by atoms with Crippen LogP contribution in [0.1, 0.15) is 71.6 Å². The average Bonchev–Trinajstić information content (AvgIpc) is 2.45. The van der Waals surface area contributed by atoms with Crippen molar-refractivity contribution in [3.05, 3.63) is 0 Å². The van der Waals surface area contributed by atoms with Gasteiger partial charge in [0.05, 0.1) is 0 Å². The van der Waals surface area contributed by atoms with Crippen molar-refractivity contribution in [2.24, 2.45) is 11.8 Å². The Bertz CT molecular complexity index is 308. The standard InChI is InChI=1S/C17H31NO2/c1-13(2)14-6-8-16(9-7-14)18-12-4-3-5-15(18)10-11-17(19)20/h13-16H,3-12H2,1-2H3,(H,19,20). The van der Waals surface area contributed by atoms with Crippen molar-refractivity contribution >= 4 is 5.97 Å². The minimum Gasteiger partial charge on any atom is -0.481 e. The lowest BCUT2D eigenvalue weighted by Gasteiger charge is -2.44. The molecule has 2 fully saturated rings. The topological polar surface area (TPSA) is 40.5 Å². The number of carboxylic acids is 1. The van der Waals surface area contributed by atoms with Crippen molar-refractivity contribution < 1.29 is 9.90 Å². The van der Waals surface area contributed by atoms with Gasteiger partial charge in [0.15, 0.2) is 0 Å². The first-order chi connectivity index (χ1) is 9.58. The molecule has 2 rings (SSSR count). The third-order valence-corrected chi connectivity index (χ3v) is 5.52. The maximum Gasteiger partial charge on any atom is 0.303 e. The van der Waals surface area contributed by atoms with Crippen LogP contribution in [0.3, 0.4) is 0 Å². The molecule has 0 aromatic carbocycles. The van der Waals surface area contributed by atoms with Crippen molar-refractivity contribution in [3.63, 3.8) is 0 Å². The SMILES string of the molecule is CC(C)C1CCC(N2CCCCC2CCC(=O)O)CC1. The number of nitrogens with zero attached hydrogens (tertiary/aromatic N) is 1. The molecule has 20 heavy (non-hydrogen) atoms. The molecule has 1 heterocycles. The van der Waals surface area contributed by atoms with E-state index in [9.17, 15) is 4.79 Å². The Morgan fingerprint density at radius 3 is 2.45 bits per heavy atom. The predicted octanol–water partition coefficient (Wildman–Crippen LogP) is 3.92. The van der Waals surface area contributed by atoms with Gasteiger partial charge in [0.1, 0.15) is 0 Å². The minimum absolute atomic E-state index is 0.336. The lowest BCUT2D eigenvalue weighted by molar-refractivity contribution is -0.137. The normalized spacial score (nSPS) is 32.5. The first-order valence-corrected chi connectivity index (χ1v) is 8.55. The van der Waals surface area contributed by atoms with Gasteiger partial charge in [0.25, 0.3) is 0 Å². The van der Waals surface area contributed by atoms with Crippen LogP contribution in [0.5, 0.6) is 0 Å². The van der Waals surface area contributed by atoms with Gasteiger partial charge in [-0.05, 0) is 63.3 Å². The number of rotatable bonds is 5. The molecule has 1 N–H and O–H groups in total. The van der Waals surface area contributed by atoms with Crippen molar-refractivity contribution in [2.75, 3.05) is 6.54 Å². The molecule has 1 saturated carbocycles. The predicted molar refractivity (Wildman–Crippen MR) is 81.8 cm³/mol. The van der Waals surface area contributed by atoms with E-state index in [2.05, 4.69) is 18.7 Å². The van der Waals surface area contributed by atoms with E-state index in [-0.39, 0.29) is 0 Å². The van der Waals surface area contributed by atoms with Crippen LogP contribution in [0.25, 0.3) is 0 Å². The van der Waals surface area contributed by atoms with Crippen molar-refractivity contribution in [2.45, 2.75) is 83.7 Å². The lowest BCUT2D eigenvalue weighted by atomic mass is 9.78. The molecule has 0 spiro atoms. The van der Waals surface area contributed by atoms with Crippen LogP contribution in [-0.2, 0) is 4.79 Å². The highest BCUT2D eigenvalue weighted by atomic mass is 16.4. The zero-order chi connectivity index (χ0) is 14.5. The zero-order valence-electron chi connectivity index (χ0n) is 13.2. The Hall–Kier alpha value is -0.570. The molecule has 0 radical (unpaired) electrons. The van der Waals surface area contributed by atoms with Crippen LogP contribution >= 0.6 is 0 Å². The zero-order valence-corrected chi connectivity index (χ0v) is 13.2. The first kappa shape index (κ1) is 15.8. The third-order valence-electron chi connectivity index (χ3n) is 5.52. The summed E-state index contributed by atoms with van der Waals surface area (Å²) in [5.74, 6) is 1.09. The Morgan fingerprint density at radius 2 is 1.85 bits per heavy atom. The van der Waals surface area contributed by atoms with Gasteiger partial charge in [-0.15, -0.1) is 0 Å². The van der Waals surface area contributed by atoms with E-state index in [1.165, 1.54) is 51.5 Å². The summed E-state index contributed by atoms with van der Waals surface area (Å²) in [5.41, 5.74) is 0. The van der Waals surface area contributed by atoms with E-state index in [1.807, 2.05) is 0 Å². The van der Waals surface area contributed by atoms with E-state index in [0.29, 0.717) is 12.5 Å². The van der Waals surface area contributed by atoms with Gasteiger partial charge in [-0.3, -0.25) is 9.69 Å². The summed E-state index contributed by atoms with van der Waals surface area (Å²) in [7, 11) is 0. The fourth-order valence-corrected chi connectivity index (χ4v) is 4.20. The van der Waals surface area contributed by atoms with E-state index >= 15 is 0 Å². The molecule has 0 aromatic rings. The van der Waals surface area contributed by atoms with Crippen LogP contribution in [0.2, 0.25) is 0 Å². The molecule has 1 unspecified atom stereocenters. The fraction of sp³-hybridized carbons (Fsp3) is 0.941. The van der Waals surface area contributed by atoms with Crippen molar-refractivity contribution in [3.8, 4) is 0 Å². The molecule has 3 nitrogen and oxygen atoms in total. The maximum absolute atomic E-state index is 10.8. The molecular weight excluding hydrogens is 250 g/mol. The molecule has 0 aromatic heterocycles. The van der Waals surface area contributed by atoms with Crippen molar-refractivity contribution in [1.29, 1.82) is 0 Å². The molecule has 1 aliphatic carbocycles. The van der Waals surface area contributed by atoms with E-state index in [1.54, 1.807) is 0 Å². The summed E-state index contributed by atoms with van der Waals surface area (Å²) in [5, 5.41) is 8.92. The van der Waals surface area contributed by atoms with E-state index < -0.39 is 5.97 Å². The largest absolute Gasteiger partial charge is 0.481 e. The summed E-state index contributed by atoms with van der Waals surface area (Å²) in [6.07, 6.45) is 10.4. The molecule has 0 bridgehead atoms. The number of hydrogen-bond donors (Lipinski definition) is 1. The highest BCUT2D eigenvalue weighted by Crippen LogP contribution is 2.35. The maximum atomic E-state index is 10.8. The number of hydrogen-bond acceptors (Lipinski definition) is 2. The summed E-state index contributed by atoms with van der Waals surface area (Å²) >= 11 is 0. The second kappa shape index (κ2) is 7.44. The minimum atomic E-state index is -0.640. The van der Waals surface area contributed by atoms with E-state index in [4.69, 9.17) is 5.11 Å². The van der Waals surface area contributed by atoms with Crippen LogP contribution in [0.15, 0.2) is 0 Å². The molecule has 1 saturated heterocycles. The smallest absolute Gasteiger partial charge is 0.303 e. The molecule has 116 valence electrons. The highest BCUT2D eigenvalue weighted by molar-refractivity contribution is 5.66. The van der Waals surface area contributed by atoms with Gasteiger partial charge in [0, 0.05) is 18.5 Å². The summed E-state index contributed by atoms with van der Waals surface area (Å²) in [6, 6.07) is 1.25. The highest BCUT2D eigenvalue weighted by Gasteiger charge is 2.32. The lowest BCUT2D eigenvalue weighted by Crippen LogP contribution is -2.48. The number of carboxylic acid groups (broad SMARTS) is 1. The van der Waals surface area contributed by atoms with Gasteiger partial charge in [0.2, 0.25) is 0 Å². The van der Waals surface area contributed by atoms with Gasteiger partial charge >= 0.3 is 5.97 Å². The van der Waals surface area contributed by atoms with Crippen LogP contribution < -0.4 is 0 Å². The third kappa shape index (κ3) is 4.21. The number of likely N-dealkylation sites (tertiary alicyclic amines) is 1. The molecular formula is C17H31NO2. The van der Waals surface area contributed by atoms with Gasteiger partial charge in [-0.25, -0.2) is 0 Å². The van der Waals surface area contributed by atoms with Gasteiger partial charge in [-0.2, -0.15) is 0 Å².